The van der Waals surface area contributed by atoms with Crippen LogP contribution < -0.4 is 16.1 Å². The minimum absolute atomic E-state index is 0.0643. The second-order valence-electron chi connectivity index (χ2n) is 9.13. The molecule has 0 spiro atoms. The van der Waals surface area contributed by atoms with Crippen LogP contribution in [0.5, 0.6) is 0 Å². The Bertz CT molecular complexity index is 2320. The van der Waals surface area contributed by atoms with Gasteiger partial charge < -0.3 is 8.83 Å². The summed E-state index contributed by atoms with van der Waals surface area (Å²) >= 11 is 1.00. The number of para-hydroxylation sites is 1. The van der Waals surface area contributed by atoms with Crippen molar-refractivity contribution in [2.45, 2.75) is 0 Å². The van der Waals surface area contributed by atoms with Gasteiger partial charge in [0.25, 0.3) is 5.91 Å². The molecule has 8 nitrogen and oxygen atoms in total. The number of hydrazone groups is 1. The van der Waals surface area contributed by atoms with Crippen LogP contribution in [0.25, 0.3) is 42.9 Å². The Morgan fingerprint density at radius 2 is 1.71 bits per heavy atom. The van der Waals surface area contributed by atoms with Gasteiger partial charge in [0.2, 0.25) is 10.6 Å². The van der Waals surface area contributed by atoms with E-state index in [1.54, 1.807) is 30.3 Å². The van der Waals surface area contributed by atoms with Crippen molar-refractivity contribution < 1.29 is 18.0 Å². The molecule has 7 rings (SSSR count). The van der Waals surface area contributed by atoms with E-state index in [0.29, 0.717) is 32.2 Å². The second kappa shape index (κ2) is 9.61. The number of aromatic nitrogens is 1. The third kappa shape index (κ3) is 4.26. The van der Waals surface area contributed by atoms with Gasteiger partial charge in [-0.1, -0.05) is 53.8 Å². The molecule has 0 unspecified atom stereocenters. The SMILES string of the molecule is O=C(c1cc2c(ccc3ccccc32)oc1=O)N(/N=C/c1coc2ccccc2c1=O)c1nc2ccc(F)cc2s1. The maximum atomic E-state index is 14.0. The van der Waals surface area contributed by atoms with Crippen molar-refractivity contribution in [3.05, 3.63) is 129 Å². The van der Waals surface area contributed by atoms with Gasteiger partial charge in [-0.25, -0.2) is 14.2 Å². The van der Waals surface area contributed by atoms with Crippen molar-refractivity contribution in [3.8, 4) is 0 Å². The smallest absolute Gasteiger partial charge is 0.349 e. The molecular weight excluding hydrogens is 545 g/mol. The second-order valence-corrected chi connectivity index (χ2v) is 10.1. The van der Waals surface area contributed by atoms with Gasteiger partial charge in [-0.2, -0.15) is 10.1 Å². The summed E-state index contributed by atoms with van der Waals surface area (Å²) in [5.41, 5.74) is -0.281. The molecule has 10 heteroatoms. The van der Waals surface area contributed by atoms with Crippen LogP contribution in [0.2, 0.25) is 0 Å². The summed E-state index contributed by atoms with van der Waals surface area (Å²) in [6, 6.07) is 23.2. The minimum atomic E-state index is -0.865. The average Bonchev–Trinajstić information content (AvgIpc) is 3.40. The predicted octanol–water partition coefficient (Wildman–Crippen LogP) is 6.48. The zero-order valence-corrected chi connectivity index (χ0v) is 21.7. The van der Waals surface area contributed by atoms with Gasteiger partial charge in [-0.15, -0.1) is 0 Å². The molecule has 0 fully saturated rings. The first-order valence-electron chi connectivity index (χ1n) is 12.4. The first kappa shape index (κ1) is 24.6. The number of amides is 1. The van der Waals surface area contributed by atoms with Gasteiger partial charge in [0, 0.05) is 5.39 Å². The van der Waals surface area contributed by atoms with Crippen LogP contribution in [-0.2, 0) is 0 Å². The van der Waals surface area contributed by atoms with Crippen molar-refractivity contribution in [1.29, 1.82) is 0 Å². The fourth-order valence-corrected chi connectivity index (χ4v) is 5.55. The van der Waals surface area contributed by atoms with Crippen LogP contribution in [-0.4, -0.2) is 17.1 Å². The van der Waals surface area contributed by atoms with E-state index >= 15 is 0 Å². The topological polar surface area (TPSA) is 106 Å². The Hall–Kier alpha value is -5.48. The summed E-state index contributed by atoms with van der Waals surface area (Å²) in [5.74, 6) is -1.31. The number of benzene rings is 4. The van der Waals surface area contributed by atoms with E-state index in [4.69, 9.17) is 8.83 Å². The lowest BCUT2D eigenvalue weighted by molar-refractivity contribution is 0.0984. The normalized spacial score (nSPS) is 11.7. The number of rotatable bonds is 4. The van der Waals surface area contributed by atoms with E-state index < -0.39 is 17.3 Å². The predicted molar refractivity (Wildman–Crippen MR) is 156 cm³/mol. The van der Waals surface area contributed by atoms with E-state index in [0.717, 1.165) is 27.1 Å². The lowest BCUT2D eigenvalue weighted by atomic mass is 10.0. The first-order chi connectivity index (χ1) is 20.0. The van der Waals surface area contributed by atoms with E-state index in [2.05, 4.69) is 10.1 Å². The molecule has 0 aliphatic carbocycles. The zero-order valence-electron chi connectivity index (χ0n) is 20.9. The molecule has 0 saturated carbocycles. The van der Waals surface area contributed by atoms with Crippen LogP contribution in [0.4, 0.5) is 9.52 Å². The summed E-state index contributed by atoms with van der Waals surface area (Å²) in [5, 5.41) is 7.85. The number of halogens is 1. The fraction of sp³-hybridized carbons (Fsp3) is 0. The monoisotopic (exact) mass is 561 g/mol. The van der Waals surface area contributed by atoms with Gasteiger partial charge in [-0.3, -0.25) is 9.59 Å². The van der Waals surface area contributed by atoms with Crippen molar-refractivity contribution in [2.75, 3.05) is 5.01 Å². The summed E-state index contributed by atoms with van der Waals surface area (Å²) in [4.78, 5) is 44.5. The quantitative estimate of drug-likeness (QED) is 0.105. The molecule has 3 heterocycles. The summed E-state index contributed by atoms with van der Waals surface area (Å²) in [7, 11) is 0. The Morgan fingerprint density at radius 3 is 2.59 bits per heavy atom. The van der Waals surface area contributed by atoms with Crippen LogP contribution in [0.15, 0.2) is 115 Å². The maximum absolute atomic E-state index is 14.0. The molecule has 1 amide bonds. The molecule has 0 saturated heterocycles. The first-order valence-corrected chi connectivity index (χ1v) is 13.2. The zero-order chi connectivity index (χ0) is 28.1. The number of carbonyl (C=O) groups is 1. The summed E-state index contributed by atoms with van der Waals surface area (Å²) in [6.07, 6.45) is 2.40. The minimum Gasteiger partial charge on any atom is -0.463 e. The Kier molecular flexibility index (Phi) is 5.76. The van der Waals surface area contributed by atoms with E-state index in [-0.39, 0.29) is 21.7 Å². The van der Waals surface area contributed by atoms with Gasteiger partial charge in [-0.05, 0) is 53.2 Å². The third-order valence-electron chi connectivity index (χ3n) is 6.60. The lowest BCUT2D eigenvalue weighted by Crippen LogP contribution is -2.30. The Balaban J connectivity index is 1.39. The number of hydrogen-bond acceptors (Lipinski definition) is 8. The van der Waals surface area contributed by atoms with Crippen molar-refractivity contribution in [1.82, 2.24) is 4.98 Å². The van der Waals surface area contributed by atoms with Gasteiger partial charge in [0.15, 0.2) is 0 Å². The highest BCUT2D eigenvalue weighted by molar-refractivity contribution is 7.22. The van der Waals surface area contributed by atoms with Crippen LogP contribution in [0.3, 0.4) is 0 Å². The number of thiazole rings is 1. The molecule has 7 aromatic rings. The fourth-order valence-electron chi connectivity index (χ4n) is 4.60. The molecule has 3 aromatic heterocycles. The van der Waals surface area contributed by atoms with E-state index in [1.165, 1.54) is 36.7 Å². The third-order valence-corrected chi connectivity index (χ3v) is 7.60. The van der Waals surface area contributed by atoms with E-state index in [9.17, 15) is 18.8 Å². The molecule has 0 aliphatic rings. The maximum Gasteiger partial charge on any atom is 0.349 e. The van der Waals surface area contributed by atoms with Gasteiger partial charge >= 0.3 is 5.63 Å². The van der Waals surface area contributed by atoms with Gasteiger partial charge in [0.05, 0.1) is 27.4 Å². The number of nitrogens with zero attached hydrogens (tertiary/aromatic N) is 3. The molecular formula is C31H16FN3O5S. The Morgan fingerprint density at radius 1 is 0.902 bits per heavy atom. The van der Waals surface area contributed by atoms with E-state index in [1.807, 2.05) is 30.3 Å². The number of fused-ring (bicyclic) bond motifs is 5. The van der Waals surface area contributed by atoms with Gasteiger partial charge in [0.1, 0.15) is 28.8 Å². The molecule has 0 aliphatic heterocycles. The molecule has 0 N–H and O–H groups in total. The highest BCUT2D eigenvalue weighted by Gasteiger charge is 2.25. The van der Waals surface area contributed by atoms with Crippen LogP contribution in [0, 0.1) is 5.82 Å². The molecule has 4 aromatic carbocycles. The molecule has 198 valence electrons. The van der Waals surface area contributed by atoms with Crippen LogP contribution in [0.1, 0.15) is 15.9 Å². The molecule has 0 atom stereocenters. The summed E-state index contributed by atoms with van der Waals surface area (Å²) in [6.45, 7) is 0. The number of anilines is 1. The van der Waals surface area contributed by atoms with Crippen molar-refractivity contribution in [3.63, 3.8) is 0 Å². The average molecular weight is 562 g/mol. The molecule has 0 radical (unpaired) electrons. The lowest BCUT2D eigenvalue weighted by Gasteiger charge is -2.13. The number of hydrogen-bond donors (Lipinski definition) is 0. The van der Waals surface area contributed by atoms with Crippen molar-refractivity contribution >= 4 is 71.5 Å². The largest absolute Gasteiger partial charge is 0.463 e. The molecule has 0 bridgehead atoms. The highest BCUT2D eigenvalue weighted by atomic mass is 32.1. The molecule has 41 heavy (non-hydrogen) atoms. The standard InChI is InChI=1S/C31H16FN3O5S/c32-19-10-11-24-27(13-19)41-31(34-24)35(33-15-18-16-39-25-8-4-3-7-21(25)28(18)36)29(37)23-14-22-20-6-2-1-5-17(20)9-12-26(22)40-30(23)38/h1-16H/b33-15+. The number of carbonyl (C=O) groups excluding carboxylic acids is 1. The van der Waals surface area contributed by atoms with Crippen molar-refractivity contribution in [2.24, 2.45) is 5.10 Å². The summed E-state index contributed by atoms with van der Waals surface area (Å²) < 4.78 is 25.5. The van der Waals surface area contributed by atoms with Crippen LogP contribution >= 0.6 is 11.3 Å². The Labute approximate surface area is 233 Å². The highest BCUT2D eigenvalue weighted by Crippen LogP contribution is 2.31.